The maximum Gasteiger partial charge on any atom is 0.276 e. The van der Waals surface area contributed by atoms with Gasteiger partial charge in [-0.05, 0) is 205 Å². The number of hydrogen-bond acceptors (Lipinski definition) is 26. The summed E-state index contributed by atoms with van der Waals surface area (Å²) in [5.41, 5.74) is 18.4. The smallest absolute Gasteiger partial charge is 0.276 e. The number of aliphatic hydroxyl groups is 1. The van der Waals surface area contributed by atoms with Gasteiger partial charge in [-0.1, -0.05) is 24.3 Å². The Bertz CT molecular complexity index is 7270. The zero-order valence-electron chi connectivity index (χ0n) is 79.2. The Labute approximate surface area is 825 Å². The van der Waals surface area contributed by atoms with E-state index in [9.17, 15) is 41.8 Å². The van der Waals surface area contributed by atoms with Crippen LogP contribution in [0.25, 0.3) is 88.1 Å². The highest BCUT2D eigenvalue weighted by Crippen LogP contribution is 2.38. The highest BCUT2D eigenvalue weighted by atomic mass is 19.3. The van der Waals surface area contributed by atoms with Crippen molar-refractivity contribution in [3.8, 4) is 44.5 Å². The van der Waals surface area contributed by atoms with Crippen molar-refractivity contribution >= 4 is 119 Å². The molecule has 8 aliphatic heterocycles. The molecule has 0 saturated carbocycles. The molecule has 0 unspecified atom stereocenters. The average molecular weight is 1950 g/mol. The first-order chi connectivity index (χ1) is 70.2. The van der Waals surface area contributed by atoms with E-state index in [0.29, 0.717) is 96.5 Å². The zero-order valence-corrected chi connectivity index (χ0v) is 79.2. The van der Waals surface area contributed by atoms with Crippen LogP contribution in [0, 0.1) is 0 Å². The number of nitrogens with zero attached hydrogens (tertiary/aromatic N) is 20. The van der Waals surface area contributed by atoms with Gasteiger partial charge in [0, 0.05) is 224 Å². The lowest BCUT2D eigenvalue weighted by atomic mass is 10.0. The van der Waals surface area contributed by atoms with Crippen molar-refractivity contribution in [3.63, 3.8) is 0 Å². The summed E-state index contributed by atoms with van der Waals surface area (Å²) in [6.07, 6.45) is 28.3. The summed E-state index contributed by atoms with van der Waals surface area (Å²) in [6, 6.07) is 46.7. The van der Waals surface area contributed by atoms with Crippen molar-refractivity contribution < 1.29 is 46.6 Å². The molecule has 34 nitrogen and oxygen atoms in total. The third-order valence-corrected chi connectivity index (χ3v) is 27.5. The maximum atomic E-state index is 13.6. The van der Waals surface area contributed by atoms with Crippen LogP contribution in [-0.2, 0) is 24.4 Å². The van der Waals surface area contributed by atoms with Crippen molar-refractivity contribution in [1.82, 2.24) is 95.4 Å². The summed E-state index contributed by atoms with van der Waals surface area (Å²) < 4.78 is 59.5. The second kappa shape index (κ2) is 42.3. The molecule has 9 N–H and O–H groups in total. The molecule has 0 bridgehead atoms. The number of morpholine rings is 1. The van der Waals surface area contributed by atoms with E-state index in [1.54, 1.807) is 54.5 Å². The predicted molar refractivity (Wildman–Crippen MR) is 546 cm³/mol. The van der Waals surface area contributed by atoms with Gasteiger partial charge in [0.1, 0.15) is 23.3 Å². The molecule has 0 atom stereocenters. The molecule has 736 valence electrons. The molecule has 0 radical (unpaired) electrons. The number of benzene rings is 4. The Kier molecular flexibility index (Phi) is 27.8. The Balaban J connectivity index is 0.000000113. The molecule has 24 rings (SSSR count). The highest BCUT2D eigenvalue weighted by Gasteiger charge is 2.39. The van der Waals surface area contributed by atoms with Crippen LogP contribution < -0.4 is 45.8 Å². The van der Waals surface area contributed by atoms with Gasteiger partial charge in [0.15, 0.2) is 22.8 Å². The molecule has 0 spiro atoms. The first-order valence-electron chi connectivity index (χ1n) is 49.0. The summed E-state index contributed by atoms with van der Waals surface area (Å²) in [5, 5.41) is 53.1. The average Bonchev–Trinajstić information content (AvgIpc) is 1.67. The van der Waals surface area contributed by atoms with Crippen LogP contribution in [0.15, 0.2) is 220 Å². The minimum Gasteiger partial charge on any atom is -0.393 e. The summed E-state index contributed by atoms with van der Waals surface area (Å²) in [4.78, 5) is 105. The maximum absolute atomic E-state index is 13.6. The summed E-state index contributed by atoms with van der Waals surface area (Å²) >= 11 is 0. The fourth-order valence-corrected chi connectivity index (χ4v) is 19.0. The lowest BCUT2D eigenvalue weighted by molar-refractivity contribution is -0.0566. The van der Waals surface area contributed by atoms with Gasteiger partial charge in [0.25, 0.3) is 35.5 Å². The van der Waals surface area contributed by atoms with Gasteiger partial charge in [0.05, 0.1) is 107 Å². The molecule has 38 heteroatoms. The first-order valence-corrected chi connectivity index (χ1v) is 49.0. The number of alkyl halides is 4. The Morgan fingerprint density at radius 3 is 0.965 bits per heavy atom. The number of halogens is 4. The zero-order chi connectivity index (χ0) is 98.2. The van der Waals surface area contributed by atoms with Gasteiger partial charge in [-0.25, -0.2) is 37.5 Å². The first kappa shape index (κ1) is 94.6. The van der Waals surface area contributed by atoms with Crippen LogP contribution in [0.2, 0.25) is 0 Å². The number of aromatic nitrogens is 16. The van der Waals surface area contributed by atoms with Crippen molar-refractivity contribution in [3.05, 3.63) is 259 Å². The summed E-state index contributed by atoms with van der Waals surface area (Å²) in [6.45, 7) is 15.7. The van der Waals surface area contributed by atoms with Crippen LogP contribution in [0.5, 0.6) is 0 Å². The summed E-state index contributed by atoms with van der Waals surface area (Å²) in [7, 11) is 0. The normalized spacial score (nSPS) is 16.9. The van der Waals surface area contributed by atoms with E-state index in [-0.39, 0.29) is 61.2 Å². The molecule has 8 fully saturated rings. The number of carbonyl (C=O) groups is 4. The largest absolute Gasteiger partial charge is 0.393 e. The second-order valence-corrected chi connectivity index (χ2v) is 37.7. The molecule has 144 heavy (non-hydrogen) atoms. The highest BCUT2D eigenvalue weighted by molar-refractivity contribution is 6.15. The van der Waals surface area contributed by atoms with Gasteiger partial charge >= 0.3 is 0 Å². The lowest BCUT2D eigenvalue weighted by Gasteiger charge is -2.31. The van der Waals surface area contributed by atoms with E-state index in [0.717, 1.165) is 221 Å². The standard InChI is InChI=1S/C28H31N7O3.C27H27F2N7O.C26H25F2N7O.C25H25N7O/c36-23-5-7-34(8-6-23)18-19-13-21(16-29-15-19)20-1-3-25-24(14-20)27(33-32-25)28(37)31-22-2-4-26(30-17-22)35-9-11-38-12-10-35;28-27(29)6-10-35(11-7-27)17-18-12-20(15-30-14-18)19-2-4-23-22(13-19)25(34-33-23)26(37)32-21-3-5-24(31-16-21)36-8-1-9-36;27-26(28)6-9-34(16-26)15-17-10-19(13-29-12-17)18-2-4-22-21(11-18)24(33-32-22)25(36)31-20-3-5-23(30-14-20)35-7-1-8-35;33-25(28-19-5-7-23(27-15-19)32-10-3-11-32)24-21-13-17(4-6-22(21)29-30-24)18-12-20(16-26-14-18)31-8-1-2-9-31/h1-4,13-17,23,36H,5-12,18H2,(H,31,37)(H,32,33);2-5,12-16H,1,6-11,17H2,(H,32,37)(H,33,34);2-5,10-14H,1,6-9,15-16H2,(H,31,36)(H,32,33);4-7,12-16H,1-3,8-11H2,(H,28,33)(H,29,30). The topological polar surface area (TPSA) is 390 Å². The van der Waals surface area contributed by atoms with Gasteiger partial charge in [0.2, 0.25) is 0 Å². The van der Waals surface area contributed by atoms with Gasteiger partial charge in [-0.3, -0.25) is 74.2 Å². The SMILES string of the molecule is O=C(Nc1ccc(N2CCC2)nc1)c1n[nH]c2ccc(-c3cncc(CN4CCC(F)(F)C4)c3)cc12.O=C(Nc1ccc(N2CCC2)nc1)c1n[nH]c2ccc(-c3cncc(CN4CCC(F)(F)CC4)c3)cc12.O=C(Nc1ccc(N2CCC2)nc1)c1n[nH]c2ccc(-c3cncc(N4CCCC4)c3)cc12.O=C(Nc1ccc(N2CCOCC2)nc1)c1n[nH]c2ccc(-c3cncc(CN4CCC(O)CC4)c3)cc12. The molecule has 4 amide bonds. The van der Waals surface area contributed by atoms with Gasteiger partial charge < -0.3 is 55.6 Å². The number of ether oxygens (including phenoxy) is 1. The monoisotopic (exact) mass is 1940 g/mol. The Hall–Kier alpha value is -15.6. The van der Waals surface area contributed by atoms with Crippen molar-refractivity contribution in [1.29, 1.82) is 0 Å². The van der Waals surface area contributed by atoms with E-state index < -0.39 is 11.8 Å². The molecule has 12 aromatic heterocycles. The molecule has 8 aliphatic rings. The third-order valence-electron chi connectivity index (χ3n) is 27.5. The molecular weight excluding hydrogens is 1840 g/mol. The number of aromatic amines is 4. The number of nitrogens with one attached hydrogen (secondary N) is 8. The molecule has 0 aliphatic carbocycles. The van der Waals surface area contributed by atoms with Crippen molar-refractivity contribution in [2.75, 3.05) is 164 Å². The number of hydrogen-bond donors (Lipinski definition) is 9. The van der Waals surface area contributed by atoms with E-state index in [1.807, 2.05) is 163 Å². The number of aliphatic hydroxyl groups excluding tert-OH is 1. The Morgan fingerprint density at radius 1 is 0.326 bits per heavy atom. The van der Waals surface area contributed by atoms with Crippen LogP contribution in [-0.4, -0.2) is 260 Å². The number of H-pyrrole nitrogens is 4. The van der Waals surface area contributed by atoms with Crippen LogP contribution in [0.3, 0.4) is 0 Å². The Morgan fingerprint density at radius 2 is 0.639 bits per heavy atom. The number of fused-ring (bicyclic) bond motifs is 4. The molecule has 8 saturated heterocycles. The van der Waals surface area contributed by atoms with Gasteiger partial charge in [-0.15, -0.1) is 0 Å². The molecule has 4 aromatic carbocycles. The minimum atomic E-state index is -2.62. The second-order valence-electron chi connectivity index (χ2n) is 37.7. The van der Waals surface area contributed by atoms with E-state index in [4.69, 9.17) is 4.74 Å². The van der Waals surface area contributed by atoms with Crippen LogP contribution in [0.4, 0.5) is 69.3 Å². The number of anilines is 9. The molecule has 16 aromatic rings. The van der Waals surface area contributed by atoms with E-state index >= 15 is 0 Å². The number of piperidine rings is 2. The fraction of sp³-hybridized carbons (Fsp3) is 0.321. The number of rotatable bonds is 23. The predicted octanol–water partition coefficient (Wildman–Crippen LogP) is 16.2. The number of amides is 4. The minimum absolute atomic E-state index is 0.110. The summed E-state index contributed by atoms with van der Waals surface area (Å²) in [5.74, 6) is -2.77. The van der Waals surface area contributed by atoms with Crippen molar-refractivity contribution in [2.45, 2.75) is 102 Å². The number of pyridine rings is 8. The third kappa shape index (κ3) is 22.3. The van der Waals surface area contributed by atoms with Crippen LogP contribution >= 0.6 is 0 Å². The molecule has 20 heterocycles. The fourth-order valence-electron chi connectivity index (χ4n) is 19.0. The van der Waals surface area contributed by atoms with Crippen molar-refractivity contribution in [2.24, 2.45) is 0 Å². The number of carbonyl (C=O) groups excluding carboxylic acids is 4. The van der Waals surface area contributed by atoms with Crippen LogP contribution in [0.1, 0.15) is 123 Å². The van der Waals surface area contributed by atoms with Gasteiger partial charge in [-0.2, -0.15) is 20.4 Å². The molecular formula is C106H108F4N28O6. The lowest BCUT2D eigenvalue weighted by Crippen LogP contribution is -2.38. The van der Waals surface area contributed by atoms with E-state index in [1.165, 1.54) is 32.1 Å². The quantitative estimate of drug-likeness (QED) is 0.0269. The van der Waals surface area contributed by atoms with E-state index in [2.05, 4.69) is 143 Å². The number of likely N-dealkylation sites (tertiary alicyclic amines) is 3.